The Morgan fingerprint density at radius 1 is 0.404 bits per heavy atom. The molecule has 0 fully saturated rings. The predicted octanol–water partition coefficient (Wildman–Crippen LogP) is 11.3. The summed E-state index contributed by atoms with van der Waals surface area (Å²) >= 11 is 3.08. The molecule has 0 amide bonds. The first-order chi connectivity index (χ1) is 23.3. The lowest BCUT2D eigenvalue weighted by atomic mass is 9.92. The van der Waals surface area contributed by atoms with Crippen molar-refractivity contribution in [2.75, 3.05) is 4.90 Å². The van der Waals surface area contributed by atoms with Gasteiger partial charge in [-0.05, 0) is 116 Å². The molecule has 0 N–H and O–H groups in total. The van der Waals surface area contributed by atoms with Gasteiger partial charge in [0.1, 0.15) is 21.0 Å². The zero-order chi connectivity index (χ0) is 31.2. The van der Waals surface area contributed by atoms with Gasteiger partial charge in [-0.25, -0.2) is 0 Å². The highest BCUT2D eigenvalue weighted by Gasteiger charge is 2.16. The van der Waals surface area contributed by atoms with Gasteiger partial charge in [-0.1, -0.05) is 89.4 Å². The molecule has 7 heteroatoms. The third kappa shape index (κ3) is 5.02. The molecule has 0 unspecified atom stereocenters. The van der Waals surface area contributed by atoms with Gasteiger partial charge in [0, 0.05) is 28.2 Å². The maximum atomic E-state index is 4.25. The minimum Gasteiger partial charge on any atom is -0.310 e. The molecule has 0 aliphatic rings. The first-order valence-corrected chi connectivity index (χ1v) is 17.0. The Kier molecular flexibility index (Phi) is 6.77. The van der Waals surface area contributed by atoms with Crippen LogP contribution >= 0.6 is 22.7 Å². The van der Waals surface area contributed by atoms with Gasteiger partial charge < -0.3 is 4.90 Å². The van der Waals surface area contributed by atoms with Crippen molar-refractivity contribution < 1.29 is 0 Å². The van der Waals surface area contributed by atoms with Gasteiger partial charge in [0.25, 0.3) is 0 Å². The Balaban J connectivity index is 1.14. The van der Waals surface area contributed by atoms with Crippen molar-refractivity contribution in [1.29, 1.82) is 0 Å². The SMILES string of the molecule is c1ccc2c(c1)cc(-c1ccc3cc(N(c4ccc(-c5nncs5)cc4)c4ccc(-c5nncs5)cc4)ccc3c1)c1ccccc12. The first-order valence-electron chi connectivity index (χ1n) is 15.3. The number of hydrogen-bond donors (Lipinski definition) is 0. The van der Waals surface area contributed by atoms with E-state index in [4.69, 9.17) is 0 Å². The Morgan fingerprint density at radius 3 is 1.57 bits per heavy atom. The molecule has 9 rings (SSSR count). The Morgan fingerprint density at radius 2 is 0.936 bits per heavy atom. The molecule has 0 radical (unpaired) electrons. The minimum absolute atomic E-state index is 0.908. The van der Waals surface area contributed by atoms with E-state index in [0.29, 0.717) is 0 Å². The number of benzene rings is 7. The van der Waals surface area contributed by atoms with E-state index in [9.17, 15) is 0 Å². The number of aromatic nitrogens is 4. The fraction of sp³-hybridized carbons (Fsp3) is 0. The van der Waals surface area contributed by atoms with Crippen LogP contribution in [0.25, 0.3) is 64.6 Å². The average molecular weight is 640 g/mol. The quantitative estimate of drug-likeness (QED) is 0.169. The van der Waals surface area contributed by atoms with E-state index in [1.54, 1.807) is 11.0 Å². The van der Waals surface area contributed by atoms with E-state index in [0.717, 1.165) is 38.2 Å². The van der Waals surface area contributed by atoms with Gasteiger partial charge in [-0.15, -0.1) is 20.4 Å². The highest BCUT2D eigenvalue weighted by Crippen LogP contribution is 2.40. The van der Waals surface area contributed by atoms with E-state index >= 15 is 0 Å². The summed E-state index contributed by atoms with van der Waals surface area (Å²) in [4.78, 5) is 2.29. The summed E-state index contributed by atoms with van der Waals surface area (Å²) in [7, 11) is 0. The van der Waals surface area contributed by atoms with E-state index in [1.807, 2.05) is 0 Å². The average Bonchev–Trinajstić information content (AvgIpc) is 3.88. The molecular weight excluding hydrogens is 615 g/mol. The summed E-state index contributed by atoms with van der Waals surface area (Å²) in [6, 6.07) is 50.2. The molecule has 0 bridgehead atoms. The van der Waals surface area contributed by atoms with Crippen molar-refractivity contribution in [3.05, 3.63) is 151 Å². The normalized spacial score (nSPS) is 11.4. The fourth-order valence-corrected chi connectivity index (χ4v) is 7.51. The Hall–Kier alpha value is -5.76. The van der Waals surface area contributed by atoms with Crippen molar-refractivity contribution in [1.82, 2.24) is 20.4 Å². The summed E-state index contributed by atoms with van der Waals surface area (Å²) < 4.78 is 0. The third-order valence-corrected chi connectivity index (χ3v) is 10.1. The summed E-state index contributed by atoms with van der Waals surface area (Å²) in [6.07, 6.45) is 0. The van der Waals surface area contributed by atoms with Crippen molar-refractivity contribution in [2.45, 2.75) is 0 Å². The summed E-state index contributed by atoms with van der Waals surface area (Å²) in [6.45, 7) is 0. The van der Waals surface area contributed by atoms with Gasteiger partial charge in [0.15, 0.2) is 0 Å². The third-order valence-electron chi connectivity index (χ3n) is 8.63. The molecule has 2 heterocycles. The molecule has 47 heavy (non-hydrogen) atoms. The molecule has 0 saturated heterocycles. The molecule has 0 spiro atoms. The number of anilines is 3. The second kappa shape index (κ2) is 11.6. The van der Waals surface area contributed by atoms with Crippen LogP contribution in [0.4, 0.5) is 17.1 Å². The first kappa shape index (κ1) is 27.5. The van der Waals surface area contributed by atoms with E-state index < -0.39 is 0 Å². The zero-order valence-corrected chi connectivity index (χ0v) is 26.6. The van der Waals surface area contributed by atoms with Crippen molar-refractivity contribution >= 4 is 72.1 Å². The van der Waals surface area contributed by atoms with Crippen LogP contribution in [0.3, 0.4) is 0 Å². The van der Waals surface area contributed by atoms with Gasteiger partial charge in [0.2, 0.25) is 0 Å². The Labute approximate surface area is 279 Å². The van der Waals surface area contributed by atoms with Crippen LogP contribution in [0.2, 0.25) is 0 Å². The number of nitrogens with zero attached hydrogens (tertiary/aromatic N) is 5. The highest BCUT2D eigenvalue weighted by atomic mass is 32.1. The second-order valence-corrected chi connectivity index (χ2v) is 13.0. The van der Waals surface area contributed by atoms with Crippen LogP contribution in [-0.2, 0) is 0 Å². The summed E-state index contributed by atoms with van der Waals surface area (Å²) in [5, 5.41) is 25.8. The minimum atomic E-state index is 0.908. The van der Waals surface area contributed by atoms with Crippen LogP contribution in [0, 0.1) is 0 Å². The van der Waals surface area contributed by atoms with Crippen LogP contribution in [0.15, 0.2) is 151 Å². The Bertz CT molecular complexity index is 2430. The highest BCUT2D eigenvalue weighted by molar-refractivity contribution is 7.13. The molecule has 7 aromatic carbocycles. The standard InChI is InChI=1S/C40H25N5S2/c1-2-6-35-30(5-1)23-38(37-8-4-3-7-36(35)37)31-10-9-29-22-34(20-15-28(29)21-31)45(32-16-11-26(12-17-32)39-43-41-24-46-39)33-18-13-27(14-19-33)40-44-42-25-47-40/h1-25H. The molecule has 9 aromatic rings. The van der Waals surface area contributed by atoms with Gasteiger partial charge in [-0.2, -0.15) is 0 Å². The van der Waals surface area contributed by atoms with Crippen LogP contribution in [-0.4, -0.2) is 20.4 Å². The van der Waals surface area contributed by atoms with Crippen LogP contribution in [0.5, 0.6) is 0 Å². The van der Waals surface area contributed by atoms with Gasteiger partial charge >= 0.3 is 0 Å². The fourth-order valence-electron chi connectivity index (χ4n) is 6.38. The molecule has 0 aliphatic heterocycles. The molecule has 222 valence electrons. The number of fused-ring (bicyclic) bond motifs is 4. The number of rotatable bonds is 6. The molecule has 5 nitrogen and oxygen atoms in total. The lowest BCUT2D eigenvalue weighted by Crippen LogP contribution is -2.09. The summed E-state index contributed by atoms with van der Waals surface area (Å²) in [5.41, 5.74) is 11.3. The van der Waals surface area contributed by atoms with Crippen molar-refractivity contribution in [3.8, 4) is 32.3 Å². The topological polar surface area (TPSA) is 54.8 Å². The number of hydrogen-bond acceptors (Lipinski definition) is 7. The zero-order valence-electron chi connectivity index (χ0n) is 25.0. The van der Waals surface area contributed by atoms with Crippen molar-refractivity contribution in [2.24, 2.45) is 0 Å². The molecular formula is C40H25N5S2. The lowest BCUT2D eigenvalue weighted by Gasteiger charge is -2.26. The maximum Gasteiger partial charge on any atom is 0.147 e. The lowest BCUT2D eigenvalue weighted by molar-refractivity contribution is 1.09. The maximum absolute atomic E-state index is 4.25. The smallest absolute Gasteiger partial charge is 0.147 e. The monoisotopic (exact) mass is 639 g/mol. The van der Waals surface area contributed by atoms with E-state index in [-0.39, 0.29) is 0 Å². The van der Waals surface area contributed by atoms with Crippen LogP contribution < -0.4 is 4.90 Å². The van der Waals surface area contributed by atoms with E-state index in [2.05, 4.69) is 165 Å². The molecule has 0 atom stereocenters. The van der Waals surface area contributed by atoms with E-state index in [1.165, 1.54) is 66.1 Å². The predicted molar refractivity (Wildman–Crippen MR) is 197 cm³/mol. The molecule has 2 aromatic heterocycles. The molecule has 0 saturated carbocycles. The molecule has 0 aliphatic carbocycles. The largest absolute Gasteiger partial charge is 0.310 e. The van der Waals surface area contributed by atoms with Gasteiger partial charge in [-0.3, -0.25) is 0 Å². The van der Waals surface area contributed by atoms with Crippen LogP contribution in [0.1, 0.15) is 0 Å². The van der Waals surface area contributed by atoms with Crippen molar-refractivity contribution in [3.63, 3.8) is 0 Å². The second-order valence-electron chi connectivity index (χ2n) is 11.4. The summed E-state index contributed by atoms with van der Waals surface area (Å²) in [5.74, 6) is 0. The van der Waals surface area contributed by atoms with Gasteiger partial charge in [0.05, 0.1) is 0 Å².